The number of hydrogen-bond donors (Lipinski definition) is 0. The molecule has 0 saturated heterocycles. The summed E-state index contributed by atoms with van der Waals surface area (Å²) in [6.07, 6.45) is 30.4. The van der Waals surface area contributed by atoms with E-state index >= 15 is 0 Å². The van der Waals surface area contributed by atoms with Gasteiger partial charge in [-0.15, -0.1) is 0 Å². The molecule has 2 rings (SSSR count). The van der Waals surface area contributed by atoms with Gasteiger partial charge in [-0.3, -0.25) is 9.59 Å². The molecule has 0 aromatic heterocycles. The van der Waals surface area contributed by atoms with Crippen LogP contribution in [0.15, 0.2) is 117 Å². The standard InChI is InChI=1S/C46H64O2.CH3.7K/c1-34(2)18-12-19-35(3)20-13-21-36(4)22-14-23-37(5)24-15-25-38(6)26-16-27-39(7)28-17-29-40(8)32-33-42-41(9)45(47)43-30-10-11-31-44(43)46(42)48;;;;;;;;/h10-11,18,20,22,24,26,28,30-32H,12-17,19,21,23,25,27,29,33H2,1-9H3;1H3;;;;;;;/q;-1;7*+1/b35-20+,36-22+,37-24+,38-26+,39-28+,40-32+;;;;;;;;. The predicted molar refractivity (Wildman–Crippen MR) is 216 cm³/mol. The molecule has 0 fully saturated rings. The van der Waals surface area contributed by atoms with Crippen molar-refractivity contribution in [3.63, 3.8) is 0 Å². The van der Waals surface area contributed by atoms with Crippen molar-refractivity contribution in [2.75, 3.05) is 0 Å². The molecule has 1 aliphatic carbocycles. The molecule has 0 unspecified atom stereocenters. The molecular weight excluding hydrogens is 870 g/mol. The van der Waals surface area contributed by atoms with E-state index in [9.17, 15) is 9.59 Å². The quantitative estimate of drug-likeness (QED) is 0.0743. The zero-order valence-electron chi connectivity index (χ0n) is 39.9. The number of fused-ring (bicyclic) bond motifs is 1. The molecule has 1 aliphatic rings. The Balaban J connectivity index is -0.000000600. The van der Waals surface area contributed by atoms with E-state index in [1.165, 1.54) is 51.9 Å². The third-order valence-corrected chi connectivity index (χ3v) is 9.39. The Morgan fingerprint density at radius 1 is 0.429 bits per heavy atom. The maximum Gasteiger partial charge on any atom is 1.00 e. The number of benzene rings is 1. The van der Waals surface area contributed by atoms with Crippen LogP contribution in [0.4, 0.5) is 0 Å². The fourth-order valence-corrected chi connectivity index (χ4v) is 6.01. The van der Waals surface area contributed by atoms with E-state index in [2.05, 4.69) is 97.9 Å². The van der Waals surface area contributed by atoms with Gasteiger partial charge in [0, 0.05) is 22.3 Å². The van der Waals surface area contributed by atoms with Gasteiger partial charge >= 0.3 is 360 Å². The van der Waals surface area contributed by atoms with Crippen LogP contribution >= 0.6 is 0 Å². The van der Waals surface area contributed by atoms with Gasteiger partial charge in [0.1, 0.15) is 0 Å². The van der Waals surface area contributed by atoms with Crippen molar-refractivity contribution >= 4 is 11.6 Å². The molecule has 0 spiro atoms. The Morgan fingerprint density at radius 2 is 0.696 bits per heavy atom. The molecule has 0 heterocycles. The molecule has 1 aromatic carbocycles. The van der Waals surface area contributed by atoms with Gasteiger partial charge in [-0.2, -0.15) is 0 Å². The minimum atomic E-state index is -0.0228. The second-order valence-corrected chi connectivity index (χ2v) is 14.3. The Morgan fingerprint density at radius 3 is 1.00 bits per heavy atom. The second kappa shape index (κ2) is 48.0. The Labute approximate surface area is 644 Å². The average Bonchev–Trinajstić information content (AvgIpc) is 3.03. The maximum absolute atomic E-state index is 13.0. The van der Waals surface area contributed by atoms with E-state index < -0.39 is 0 Å². The summed E-state index contributed by atoms with van der Waals surface area (Å²) in [4.78, 5) is 25.7. The first-order valence-corrected chi connectivity index (χ1v) is 18.3. The van der Waals surface area contributed by atoms with Crippen molar-refractivity contribution < 1.29 is 369 Å². The van der Waals surface area contributed by atoms with Gasteiger partial charge in [-0.25, -0.2) is 0 Å². The van der Waals surface area contributed by atoms with Crippen molar-refractivity contribution in [3.8, 4) is 0 Å². The first-order valence-electron chi connectivity index (χ1n) is 18.3. The molecule has 56 heavy (non-hydrogen) atoms. The van der Waals surface area contributed by atoms with E-state index in [1.807, 2.05) is 12.1 Å². The van der Waals surface area contributed by atoms with Crippen LogP contribution in [0, 0.1) is 7.43 Å². The molecule has 1 aromatic rings. The van der Waals surface area contributed by atoms with Crippen molar-refractivity contribution in [1.29, 1.82) is 0 Å². The summed E-state index contributed by atoms with van der Waals surface area (Å²) >= 11 is 0. The molecule has 9 heteroatoms. The summed E-state index contributed by atoms with van der Waals surface area (Å²) in [5.74, 6) is -0.0311. The second-order valence-electron chi connectivity index (χ2n) is 14.3. The van der Waals surface area contributed by atoms with Gasteiger partial charge in [-0.1, -0.05) is 106 Å². The SMILES string of the molecule is CC(C)=CCC/C(C)=C/CC/C(C)=C/CC/C(C)=C/CC/C(C)=C/CC/C(C)=C/CC/C(C)=C/CC1=C(C)C(=O)c2ccccc2C1=O.[CH3-].[K+].[K+].[K+].[K+].[K+].[K+].[K+]. The van der Waals surface area contributed by atoms with Gasteiger partial charge in [0.05, 0.1) is 0 Å². The third-order valence-electron chi connectivity index (χ3n) is 9.39. The summed E-state index contributed by atoms with van der Waals surface area (Å²) in [5, 5.41) is 0. The molecule has 0 saturated carbocycles. The number of hydrogen-bond acceptors (Lipinski definition) is 2. The van der Waals surface area contributed by atoms with Crippen molar-refractivity contribution in [3.05, 3.63) is 136 Å². The van der Waals surface area contributed by atoms with Gasteiger partial charge in [0.2, 0.25) is 0 Å². The number of carbonyl (C=O) groups excluding carboxylic acids is 2. The van der Waals surface area contributed by atoms with Crippen molar-refractivity contribution in [2.24, 2.45) is 0 Å². The Bertz CT molecular complexity index is 1520. The molecule has 0 bridgehead atoms. The minimum Gasteiger partial charge on any atom is -0.358 e. The Hall–Kier alpha value is 7.93. The number of allylic oxidation sites excluding steroid dienone is 16. The third kappa shape index (κ3) is 36.0. The topological polar surface area (TPSA) is 34.1 Å². The van der Waals surface area contributed by atoms with E-state index in [4.69, 9.17) is 0 Å². The fourth-order valence-electron chi connectivity index (χ4n) is 6.01. The van der Waals surface area contributed by atoms with E-state index in [0.29, 0.717) is 28.7 Å². The summed E-state index contributed by atoms with van der Waals surface area (Å²) in [6.45, 7) is 19.6. The first-order chi connectivity index (χ1) is 22.9. The number of rotatable bonds is 20. The smallest absolute Gasteiger partial charge is 0.358 e. The zero-order valence-corrected chi connectivity index (χ0v) is 61.7. The summed E-state index contributed by atoms with van der Waals surface area (Å²) in [6, 6.07) is 7.15. The average molecular weight is 938 g/mol. The molecule has 2 nitrogen and oxygen atoms in total. The van der Waals surface area contributed by atoms with Crippen LogP contribution in [0.3, 0.4) is 0 Å². The zero-order chi connectivity index (χ0) is 35.5. The number of ketones is 2. The molecule has 0 amide bonds. The van der Waals surface area contributed by atoms with E-state index in [-0.39, 0.29) is 379 Å². The van der Waals surface area contributed by atoms with Gasteiger partial charge in [0.25, 0.3) is 0 Å². The number of Topliss-reactive ketones (excluding diaryl/α,β-unsaturated/α-hetero) is 2. The summed E-state index contributed by atoms with van der Waals surface area (Å²) in [7, 11) is 0. The van der Waals surface area contributed by atoms with Gasteiger partial charge in [-0.05, 0) is 146 Å². The molecule has 0 aliphatic heterocycles. The molecule has 0 N–H and O–H groups in total. The van der Waals surface area contributed by atoms with Crippen molar-refractivity contribution in [1.82, 2.24) is 0 Å². The molecule has 0 radical (unpaired) electrons. The summed E-state index contributed by atoms with van der Waals surface area (Å²) in [5.41, 5.74) is 12.4. The van der Waals surface area contributed by atoms with Crippen LogP contribution in [-0.2, 0) is 0 Å². The minimum absolute atomic E-state index is 0. The van der Waals surface area contributed by atoms with Gasteiger partial charge in [0.15, 0.2) is 11.6 Å². The maximum atomic E-state index is 13.0. The van der Waals surface area contributed by atoms with Crippen LogP contribution in [0.2, 0.25) is 0 Å². The molecular formula is C47H67K7O2+6. The monoisotopic (exact) mass is 936 g/mol. The van der Waals surface area contributed by atoms with Crippen LogP contribution in [-0.4, -0.2) is 11.6 Å². The van der Waals surface area contributed by atoms with Crippen molar-refractivity contribution in [2.45, 2.75) is 146 Å². The molecule has 268 valence electrons. The summed E-state index contributed by atoms with van der Waals surface area (Å²) < 4.78 is 0. The van der Waals surface area contributed by atoms with E-state index in [0.717, 1.165) is 64.2 Å². The normalized spacial score (nSPS) is 13.2. The largest absolute Gasteiger partial charge is 1.00 e. The van der Waals surface area contributed by atoms with Gasteiger partial charge < -0.3 is 7.43 Å². The number of carbonyl (C=O) groups is 2. The fraction of sp³-hybridized carbons (Fsp3) is 0.468. The van der Waals surface area contributed by atoms with Crippen LogP contribution in [0.1, 0.15) is 167 Å². The van der Waals surface area contributed by atoms with Crippen LogP contribution in [0.25, 0.3) is 0 Å². The van der Waals surface area contributed by atoms with E-state index in [1.54, 1.807) is 19.1 Å². The predicted octanol–water partition coefficient (Wildman–Crippen LogP) is -6.42. The van der Waals surface area contributed by atoms with Crippen LogP contribution in [0.5, 0.6) is 0 Å². The van der Waals surface area contributed by atoms with Crippen LogP contribution < -0.4 is 360 Å². The first kappa shape index (κ1) is 78.1. The molecule has 0 atom stereocenters. The Kier molecular flexibility index (Phi) is 66.9.